The molecule has 2 heterocycles. The van der Waals surface area contributed by atoms with Crippen LogP contribution in [0.4, 0.5) is 19.0 Å². The summed E-state index contributed by atoms with van der Waals surface area (Å²) in [4.78, 5) is 13.6. The number of aliphatic hydroxyl groups excluding tert-OH is 1. The highest BCUT2D eigenvalue weighted by molar-refractivity contribution is 6.00. The van der Waals surface area contributed by atoms with Crippen LogP contribution in [0.25, 0.3) is 22.0 Å². The number of nitrogens with zero attached hydrogens (tertiary/aromatic N) is 3. The van der Waals surface area contributed by atoms with E-state index in [1.54, 1.807) is 4.90 Å². The van der Waals surface area contributed by atoms with Crippen molar-refractivity contribution in [1.82, 2.24) is 15.1 Å². The third kappa shape index (κ3) is 4.16. The number of aromatic nitrogens is 2. The molecule has 0 unspecified atom stereocenters. The van der Waals surface area contributed by atoms with E-state index in [9.17, 15) is 23.1 Å². The molecule has 1 fully saturated rings. The predicted octanol–water partition coefficient (Wildman–Crippen LogP) is 3.73. The standard InChI is InChI=1S/C23H21F3N4O2/c1-2-20(32)30-11-15(13-31)19(12-30)27-22-18-6-4-3-5-17(18)21(28-29-22)14-7-9-16(10-8-14)23(24,25)26/h2-10,15,19,31H,1,11-13H2,(H,27,29)/t15-,19+/m0/s1. The SMILES string of the molecule is C=CC(=O)N1C[C@@H](CO)[C@H](Nc2nnc(-c3ccc(C(F)(F)F)cc3)c3ccccc23)C1. The van der Waals surface area contributed by atoms with Crippen molar-refractivity contribution >= 4 is 22.5 Å². The monoisotopic (exact) mass is 442 g/mol. The Morgan fingerprint density at radius 2 is 1.81 bits per heavy atom. The lowest BCUT2D eigenvalue weighted by molar-refractivity contribution is -0.137. The van der Waals surface area contributed by atoms with E-state index in [1.807, 2.05) is 24.3 Å². The number of hydrogen-bond acceptors (Lipinski definition) is 5. The lowest BCUT2D eigenvalue weighted by atomic mass is 10.0. The number of nitrogens with one attached hydrogen (secondary N) is 1. The van der Waals surface area contributed by atoms with Crippen molar-refractivity contribution < 1.29 is 23.1 Å². The van der Waals surface area contributed by atoms with Crippen LogP contribution in [-0.2, 0) is 11.0 Å². The second-order valence-electron chi connectivity index (χ2n) is 7.66. The van der Waals surface area contributed by atoms with Gasteiger partial charge in [-0.05, 0) is 18.2 Å². The summed E-state index contributed by atoms with van der Waals surface area (Å²) in [7, 11) is 0. The zero-order chi connectivity index (χ0) is 22.9. The summed E-state index contributed by atoms with van der Waals surface area (Å²) in [6, 6.07) is 11.9. The highest BCUT2D eigenvalue weighted by atomic mass is 19.4. The summed E-state index contributed by atoms with van der Waals surface area (Å²) < 4.78 is 38.7. The molecule has 1 aromatic heterocycles. The van der Waals surface area contributed by atoms with Gasteiger partial charge < -0.3 is 15.3 Å². The van der Waals surface area contributed by atoms with Crippen molar-refractivity contribution in [2.24, 2.45) is 5.92 Å². The first-order valence-corrected chi connectivity index (χ1v) is 10.0. The number of alkyl halides is 3. The lowest BCUT2D eigenvalue weighted by Crippen LogP contribution is -2.32. The maximum atomic E-state index is 12.9. The average molecular weight is 442 g/mol. The molecule has 4 rings (SSSR count). The summed E-state index contributed by atoms with van der Waals surface area (Å²) in [6.45, 7) is 4.18. The van der Waals surface area contributed by atoms with Gasteiger partial charge >= 0.3 is 6.18 Å². The van der Waals surface area contributed by atoms with Crippen molar-refractivity contribution in [3.05, 3.63) is 66.7 Å². The zero-order valence-electron chi connectivity index (χ0n) is 17.0. The molecule has 166 valence electrons. The lowest BCUT2D eigenvalue weighted by Gasteiger charge is -2.19. The van der Waals surface area contributed by atoms with Gasteiger partial charge in [-0.25, -0.2) is 0 Å². The van der Waals surface area contributed by atoms with Gasteiger partial charge in [0.2, 0.25) is 5.91 Å². The summed E-state index contributed by atoms with van der Waals surface area (Å²) in [6.07, 6.45) is -3.17. The number of hydrogen-bond donors (Lipinski definition) is 2. The van der Waals surface area contributed by atoms with Crippen LogP contribution in [0, 0.1) is 5.92 Å². The van der Waals surface area contributed by atoms with Gasteiger partial charge in [-0.3, -0.25) is 4.79 Å². The average Bonchev–Trinajstić information content (AvgIpc) is 3.21. The first-order valence-electron chi connectivity index (χ1n) is 10.0. The molecule has 0 bridgehead atoms. The molecule has 32 heavy (non-hydrogen) atoms. The summed E-state index contributed by atoms with van der Waals surface area (Å²) in [5, 5.41) is 23.1. The van der Waals surface area contributed by atoms with Crippen LogP contribution in [0.3, 0.4) is 0 Å². The molecular formula is C23H21F3N4O2. The number of rotatable bonds is 5. The molecule has 1 aliphatic rings. The third-order valence-corrected chi connectivity index (χ3v) is 5.66. The molecule has 0 radical (unpaired) electrons. The van der Waals surface area contributed by atoms with Crippen LogP contribution in [0.2, 0.25) is 0 Å². The van der Waals surface area contributed by atoms with Gasteiger partial charge in [-0.1, -0.05) is 43.0 Å². The fraction of sp³-hybridized carbons (Fsp3) is 0.261. The molecule has 1 saturated heterocycles. The Labute approximate surface area is 182 Å². The van der Waals surface area contributed by atoms with Gasteiger partial charge in [0, 0.05) is 42.0 Å². The highest BCUT2D eigenvalue weighted by Crippen LogP contribution is 2.34. The van der Waals surface area contributed by atoms with Gasteiger partial charge in [-0.15, -0.1) is 10.2 Å². The number of carbonyl (C=O) groups excluding carboxylic acids is 1. The molecule has 2 aromatic carbocycles. The Balaban J connectivity index is 1.67. The molecule has 1 amide bonds. The Morgan fingerprint density at radius 3 is 2.44 bits per heavy atom. The molecule has 1 aliphatic heterocycles. The molecule has 3 aromatic rings. The van der Waals surface area contributed by atoms with Crippen molar-refractivity contribution in [2.45, 2.75) is 12.2 Å². The van der Waals surface area contributed by atoms with E-state index in [-0.39, 0.29) is 24.5 Å². The van der Waals surface area contributed by atoms with Crippen molar-refractivity contribution in [3.8, 4) is 11.3 Å². The maximum absolute atomic E-state index is 12.9. The third-order valence-electron chi connectivity index (χ3n) is 5.66. The summed E-state index contributed by atoms with van der Waals surface area (Å²) in [5.74, 6) is 0.0861. The van der Waals surface area contributed by atoms with Crippen LogP contribution >= 0.6 is 0 Å². The second-order valence-corrected chi connectivity index (χ2v) is 7.66. The second kappa shape index (κ2) is 8.58. The Kier molecular flexibility index (Phi) is 5.84. The Morgan fingerprint density at radius 1 is 1.12 bits per heavy atom. The number of halogens is 3. The van der Waals surface area contributed by atoms with Gasteiger partial charge in [-0.2, -0.15) is 13.2 Å². The van der Waals surface area contributed by atoms with Crippen molar-refractivity contribution in [1.29, 1.82) is 0 Å². The Bertz CT molecular complexity index is 1150. The maximum Gasteiger partial charge on any atom is 0.416 e. The molecule has 6 nitrogen and oxygen atoms in total. The molecule has 2 N–H and O–H groups in total. The van der Waals surface area contributed by atoms with Gasteiger partial charge in [0.15, 0.2) is 5.82 Å². The molecule has 0 saturated carbocycles. The minimum absolute atomic E-state index is 0.104. The van der Waals surface area contributed by atoms with Crippen LogP contribution in [0.1, 0.15) is 5.56 Å². The quantitative estimate of drug-likeness (QED) is 0.589. The minimum atomic E-state index is -4.41. The van der Waals surface area contributed by atoms with E-state index in [1.165, 1.54) is 18.2 Å². The largest absolute Gasteiger partial charge is 0.416 e. The molecular weight excluding hydrogens is 421 g/mol. The van der Waals surface area contributed by atoms with E-state index in [0.29, 0.717) is 30.2 Å². The number of carbonyl (C=O) groups is 1. The fourth-order valence-electron chi connectivity index (χ4n) is 3.95. The minimum Gasteiger partial charge on any atom is -0.396 e. The topological polar surface area (TPSA) is 78.4 Å². The van der Waals surface area contributed by atoms with Crippen LogP contribution in [0.15, 0.2) is 61.2 Å². The van der Waals surface area contributed by atoms with Crippen LogP contribution < -0.4 is 5.32 Å². The van der Waals surface area contributed by atoms with Gasteiger partial charge in [0.05, 0.1) is 11.6 Å². The number of anilines is 1. The summed E-state index contributed by atoms with van der Waals surface area (Å²) in [5.41, 5.74) is 0.255. The van der Waals surface area contributed by atoms with Crippen LogP contribution in [0.5, 0.6) is 0 Å². The number of benzene rings is 2. The van der Waals surface area contributed by atoms with E-state index in [2.05, 4.69) is 22.1 Å². The number of likely N-dealkylation sites (tertiary alicyclic amines) is 1. The highest BCUT2D eigenvalue weighted by Gasteiger charge is 2.34. The van der Waals surface area contributed by atoms with E-state index >= 15 is 0 Å². The van der Waals surface area contributed by atoms with Crippen molar-refractivity contribution in [3.63, 3.8) is 0 Å². The van der Waals surface area contributed by atoms with E-state index in [4.69, 9.17) is 0 Å². The first-order chi connectivity index (χ1) is 15.3. The Hall–Kier alpha value is -3.46. The number of aliphatic hydroxyl groups is 1. The van der Waals surface area contributed by atoms with Gasteiger partial charge in [0.25, 0.3) is 0 Å². The first kappa shape index (κ1) is 21.8. The number of fused-ring (bicyclic) bond motifs is 1. The molecule has 2 atom stereocenters. The molecule has 0 aliphatic carbocycles. The molecule has 9 heteroatoms. The normalized spacial score (nSPS) is 18.7. The summed E-state index contributed by atoms with van der Waals surface area (Å²) >= 11 is 0. The fourth-order valence-corrected chi connectivity index (χ4v) is 3.95. The predicted molar refractivity (Wildman–Crippen MR) is 115 cm³/mol. The van der Waals surface area contributed by atoms with E-state index in [0.717, 1.165) is 22.9 Å². The zero-order valence-corrected chi connectivity index (χ0v) is 17.0. The van der Waals surface area contributed by atoms with Crippen molar-refractivity contribution in [2.75, 3.05) is 25.0 Å². The van der Waals surface area contributed by atoms with Crippen LogP contribution in [-0.4, -0.2) is 51.8 Å². The number of amides is 1. The van der Waals surface area contributed by atoms with Gasteiger partial charge in [0.1, 0.15) is 5.69 Å². The smallest absolute Gasteiger partial charge is 0.396 e. The molecule has 0 spiro atoms. The van der Waals surface area contributed by atoms with E-state index < -0.39 is 11.7 Å².